The van der Waals surface area contributed by atoms with E-state index in [0.717, 1.165) is 16.8 Å². The van der Waals surface area contributed by atoms with Crippen LogP contribution in [0.25, 0.3) is 17.1 Å². The SMILES string of the molecule is O=C(NNC(=O)C(c1ccccc1)n1cccn1)c1nc(-c2ccccc2)n(-c2ccccc2)n1. The highest BCUT2D eigenvalue weighted by Crippen LogP contribution is 2.21. The molecule has 9 nitrogen and oxygen atoms in total. The van der Waals surface area contributed by atoms with Crippen molar-refractivity contribution in [2.45, 2.75) is 6.04 Å². The molecule has 0 aliphatic carbocycles. The largest absolute Gasteiger partial charge is 0.309 e. The molecular formula is C26H21N7O2. The number of para-hydroxylation sites is 1. The third-order valence-electron chi connectivity index (χ3n) is 5.30. The normalized spacial score (nSPS) is 11.5. The van der Waals surface area contributed by atoms with Crippen LogP contribution in [0.1, 0.15) is 22.2 Å². The Morgan fingerprint density at radius 3 is 2.09 bits per heavy atom. The van der Waals surface area contributed by atoms with Gasteiger partial charge in [0.25, 0.3) is 5.91 Å². The second-order valence-corrected chi connectivity index (χ2v) is 7.62. The highest BCUT2D eigenvalue weighted by Gasteiger charge is 2.25. The fraction of sp³-hybridized carbons (Fsp3) is 0.0385. The first kappa shape index (κ1) is 21.8. The molecule has 5 rings (SSSR count). The van der Waals surface area contributed by atoms with Gasteiger partial charge in [-0.1, -0.05) is 78.9 Å². The molecule has 5 aromatic rings. The molecule has 0 saturated carbocycles. The number of hydrogen-bond acceptors (Lipinski definition) is 5. The standard InChI is InChI=1S/C26H21N7O2/c34-25(22(32-18-10-17-27-32)19-11-4-1-5-12-19)29-30-26(35)23-28-24(20-13-6-2-7-14-20)33(31-23)21-15-8-3-9-16-21/h1-18,22H,(H,29,34)(H,30,35). The number of hydrazine groups is 1. The molecule has 1 atom stereocenters. The predicted molar refractivity (Wildman–Crippen MR) is 129 cm³/mol. The highest BCUT2D eigenvalue weighted by molar-refractivity contribution is 5.93. The number of carbonyl (C=O) groups excluding carboxylic acids is 2. The monoisotopic (exact) mass is 463 g/mol. The number of benzene rings is 3. The van der Waals surface area contributed by atoms with E-state index in [1.807, 2.05) is 91.0 Å². The van der Waals surface area contributed by atoms with Crippen LogP contribution in [-0.4, -0.2) is 36.4 Å². The molecule has 0 saturated heterocycles. The zero-order chi connectivity index (χ0) is 24.0. The van der Waals surface area contributed by atoms with Crippen LogP contribution in [0, 0.1) is 0 Å². The minimum atomic E-state index is -0.763. The summed E-state index contributed by atoms with van der Waals surface area (Å²) in [6, 6.07) is 29.0. The van der Waals surface area contributed by atoms with Crippen LogP contribution in [0.4, 0.5) is 0 Å². The smallest absolute Gasteiger partial charge is 0.270 e. The molecule has 2 amide bonds. The van der Waals surface area contributed by atoms with Crippen LogP contribution in [0.15, 0.2) is 109 Å². The predicted octanol–water partition coefficient (Wildman–Crippen LogP) is 3.18. The van der Waals surface area contributed by atoms with Gasteiger partial charge in [0.1, 0.15) is 0 Å². The molecule has 1 unspecified atom stereocenters. The van der Waals surface area contributed by atoms with Crippen molar-refractivity contribution in [1.29, 1.82) is 0 Å². The second kappa shape index (κ2) is 9.84. The van der Waals surface area contributed by atoms with Crippen molar-refractivity contribution in [3.63, 3.8) is 0 Å². The average Bonchev–Trinajstić information content (AvgIpc) is 3.60. The van der Waals surface area contributed by atoms with E-state index in [9.17, 15) is 9.59 Å². The van der Waals surface area contributed by atoms with Crippen molar-refractivity contribution < 1.29 is 9.59 Å². The summed E-state index contributed by atoms with van der Waals surface area (Å²) in [5.41, 5.74) is 7.20. The van der Waals surface area contributed by atoms with Crippen molar-refractivity contribution >= 4 is 11.8 Å². The minimum Gasteiger partial charge on any atom is -0.270 e. The molecule has 0 aliphatic rings. The lowest BCUT2D eigenvalue weighted by atomic mass is 10.1. The number of aromatic nitrogens is 5. The van der Waals surface area contributed by atoms with Crippen LogP contribution in [-0.2, 0) is 4.79 Å². The number of carbonyl (C=O) groups is 2. The Morgan fingerprint density at radius 2 is 1.43 bits per heavy atom. The first-order valence-electron chi connectivity index (χ1n) is 10.9. The Bertz CT molecular complexity index is 1360. The van der Waals surface area contributed by atoms with Gasteiger partial charge in [-0.15, -0.1) is 5.10 Å². The fourth-order valence-corrected chi connectivity index (χ4v) is 3.67. The summed E-state index contributed by atoms with van der Waals surface area (Å²) >= 11 is 0. The van der Waals surface area contributed by atoms with Crippen LogP contribution in [0.3, 0.4) is 0 Å². The highest BCUT2D eigenvalue weighted by atomic mass is 16.2. The third-order valence-corrected chi connectivity index (χ3v) is 5.30. The number of hydrogen-bond donors (Lipinski definition) is 2. The zero-order valence-corrected chi connectivity index (χ0v) is 18.5. The van der Waals surface area contributed by atoms with E-state index in [2.05, 4.69) is 26.0 Å². The number of nitrogens with one attached hydrogen (secondary N) is 2. The summed E-state index contributed by atoms with van der Waals surface area (Å²) < 4.78 is 3.12. The van der Waals surface area contributed by atoms with E-state index in [4.69, 9.17) is 0 Å². The summed E-state index contributed by atoms with van der Waals surface area (Å²) in [5.74, 6) is -0.674. The van der Waals surface area contributed by atoms with Crippen LogP contribution in [0.5, 0.6) is 0 Å². The van der Waals surface area contributed by atoms with E-state index in [-0.39, 0.29) is 5.82 Å². The van der Waals surface area contributed by atoms with Crippen LogP contribution >= 0.6 is 0 Å². The summed E-state index contributed by atoms with van der Waals surface area (Å²) in [7, 11) is 0. The molecular weight excluding hydrogens is 442 g/mol. The van der Waals surface area contributed by atoms with Gasteiger partial charge in [0.15, 0.2) is 11.9 Å². The molecule has 0 fully saturated rings. The maximum Gasteiger partial charge on any atom is 0.309 e. The second-order valence-electron chi connectivity index (χ2n) is 7.62. The average molecular weight is 464 g/mol. The Hall–Kier alpha value is -5.05. The minimum absolute atomic E-state index is 0.0802. The lowest BCUT2D eigenvalue weighted by molar-refractivity contribution is -0.124. The Kier molecular flexibility index (Phi) is 6.12. The Labute approximate surface area is 201 Å². The van der Waals surface area contributed by atoms with Crippen molar-refractivity contribution in [3.05, 3.63) is 121 Å². The molecule has 0 bridgehead atoms. The molecule has 2 heterocycles. The molecule has 9 heteroatoms. The first-order chi connectivity index (χ1) is 17.2. The maximum atomic E-state index is 13.1. The van der Waals surface area contributed by atoms with E-state index < -0.39 is 17.9 Å². The summed E-state index contributed by atoms with van der Waals surface area (Å²) in [6.45, 7) is 0. The molecule has 0 aliphatic heterocycles. The molecule has 0 spiro atoms. The molecule has 172 valence electrons. The van der Waals surface area contributed by atoms with Gasteiger partial charge in [-0.25, -0.2) is 9.67 Å². The molecule has 35 heavy (non-hydrogen) atoms. The Morgan fingerprint density at radius 1 is 0.771 bits per heavy atom. The summed E-state index contributed by atoms with van der Waals surface area (Å²) in [6.07, 6.45) is 3.28. The zero-order valence-electron chi connectivity index (χ0n) is 18.5. The van der Waals surface area contributed by atoms with Gasteiger partial charge < -0.3 is 0 Å². The lowest BCUT2D eigenvalue weighted by Gasteiger charge is -2.17. The van der Waals surface area contributed by atoms with Crippen molar-refractivity contribution in [2.75, 3.05) is 0 Å². The van der Waals surface area contributed by atoms with E-state index in [0.29, 0.717) is 5.82 Å². The number of rotatable bonds is 6. The first-order valence-corrected chi connectivity index (χ1v) is 10.9. The molecule has 2 N–H and O–H groups in total. The van der Waals surface area contributed by atoms with Crippen molar-refractivity contribution in [2.24, 2.45) is 0 Å². The fourth-order valence-electron chi connectivity index (χ4n) is 3.67. The van der Waals surface area contributed by atoms with Crippen molar-refractivity contribution in [1.82, 2.24) is 35.4 Å². The molecule has 2 aromatic heterocycles. The van der Waals surface area contributed by atoms with E-state index in [1.165, 1.54) is 4.68 Å². The third kappa shape index (κ3) is 4.69. The van der Waals surface area contributed by atoms with Gasteiger partial charge in [0.05, 0.1) is 5.69 Å². The quantitative estimate of drug-likeness (QED) is 0.376. The van der Waals surface area contributed by atoms with Gasteiger partial charge in [-0.05, 0) is 23.8 Å². The van der Waals surface area contributed by atoms with Crippen molar-refractivity contribution in [3.8, 4) is 17.1 Å². The van der Waals surface area contributed by atoms with Gasteiger partial charge >= 0.3 is 5.91 Å². The van der Waals surface area contributed by atoms with Gasteiger partial charge in [0.2, 0.25) is 5.82 Å². The van der Waals surface area contributed by atoms with Crippen LogP contribution < -0.4 is 10.9 Å². The topological polar surface area (TPSA) is 107 Å². The van der Waals surface area contributed by atoms with Gasteiger partial charge in [-0.3, -0.25) is 25.1 Å². The summed E-state index contributed by atoms with van der Waals surface area (Å²) in [4.78, 5) is 30.5. The number of nitrogens with zero attached hydrogens (tertiary/aromatic N) is 5. The Balaban J connectivity index is 1.39. The molecule has 0 radical (unpaired) electrons. The summed E-state index contributed by atoms with van der Waals surface area (Å²) in [5, 5.41) is 8.61. The van der Waals surface area contributed by atoms with Gasteiger partial charge in [0, 0.05) is 18.0 Å². The van der Waals surface area contributed by atoms with E-state index in [1.54, 1.807) is 23.1 Å². The van der Waals surface area contributed by atoms with Crippen LogP contribution in [0.2, 0.25) is 0 Å². The van der Waals surface area contributed by atoms with E-state index >= 15 is 0 Å². The lowest BCUT2D eigenvalue weighted by Crippen LogP contribution is -2.45. The van der Waals surface area contributed by atoms with Gasteiger partial charge in [-0.2, -0.15) is 5.10 Å². The molecule has 3 aromatic carbocycles. The maximum absolute atomic E-state index is 13.1. The number of amides is 2.